The SMILES string of the molecule is CS(=O)(=O)c1c(NCCc2ccc(Cl)s2)sc(C#N)c1N. The van der Waals surface area contributed by atoms with Crippen LogP contribution >= 0.6 is 34.3 Å². The lowest BCUT2D eigenvalue weighted by atomic mass is 10.3. The minimum absolute atomic E-state index is 0.00765. The minimum Gasteiger partial charge on any atom is -0.396 e. The summed E-state index contributed by atoms with van der Waals surface area (Å²) in [5, 5.41) is 12.4. The quantitative estimate of drug-likeness (QED) is 0.853. The number of halogens is 1. The second-order valence-electron chi connectivity index (χ2n) is 4.27. The van der Waals surface area contributed by atoms with E-state index in [1.165, 1.54) is 11.3 Å². The molecule has 112 valence electrons. The lowest BCUT2D eigenvalue weighted by Gasteiger charge is -2.05. The van der Waals surface area contributed by atoms with E-state index in [9.17, 15) is 8.42 Å². The fourth-order valence-electron chi connectivity index (χ4n) is 1.78. The molecule has 0 saturated carbocycles. The Balaban J connectivity index is 2.18. The molecule has 9 heteroatoms. The van der Waals surface area contributed by atoms with Gasteiger partial charge in [-0.1, -0.05) is 11.6 Å². The molecule has 3 N–H and O–H groups in total. The fraction of sp³-hybridized carbons (Fsp3) is 0.250. The second-order valence-corrected chi connectivity index (χ2v) is 9.04. The number of sulfone groups is 1. The molecule has 0 aliphatic rings. The summed E-state index contributed by atoms with van der Waals surface area (Å²) in [4.78, 5) is 1.31. The van der Waals surface area contributed by atoms with Crippen molar-refractivity contribution < 1.29 is 8.42 Å². The predicted molar refractivity (Wildman–Crippen MR) is 88.1 cm³/mol. The van der Waals surface area contributed by atoms with E-state index in [2.05, 4.69) is 5.32 Å². The molecule has 5 nitrogen and oxygen atoms in total. The third kappa shape index (κ3) is 3.68. The Labute approximate surface area is 135 Å². The molecule has 0 radical (unpaired) electrons. The molecule has 21 heavy (non-hydrogen) atoms. The van der Waals surface area contributed by atoms with Gasteiger partial charge in [0.05, 0.1) is 10.0 Å². The van der Waals surface area contributed by atoms with Gasteiger partial charge in [-0.3, -0.25) is 0 Å². The highest BCUT2D eigenvalue weighted by atomic mass is 35.5. The Kier molecular flexibility index (Phi) is 4.78. The third-order valence-corrected chi connectivity index (χ3v) is 6.31. The highest BCUT2D eigenvalue weighted by Crippen LogP contribution is 2.38. The van der Waals surface area contributed by atoms with Gasteiger partial charge in [0.2, 0.25) is 0 Å². The largest absolute Gasteiger partial charge is 0.396 e. The standard InChI is InChI=1S/C12H12ClN3O2S3/c1-21(17,18)11-10(15)8(6-14)20-12(11)16-5-4-7-2-3-9(13)19-7/h2-3,16H,4-5,15H2,1H3. The number of nitrogens with zero attached hydrogens (tertiary/aromatic N) is 1. The summed E-state index contributed by atoms with van der Waals surface area (Å²) in [6, 6.07) is 5.66. The topological polar surface area (TPSA) is 96.0 Å². The molecule has 0 aliphatic carbocycles. The molecule has 0 amide bonds. The fourth-order valence-corrected chi connectivity index (χ4v) is 5.26. The number of hydrogen-bond donors (Lipinski definition) is 2. The maximum absolute atomic E-state index is 11.8. The second kappa shape index (κ2) is 6.23. The predicted octanol–water partition coefficient (Wildman–Crippen LogP) is 2.97. The lowest BCUT2D eigenvalue weighted by molar-refractivity contribution is 0.603. The number of nitrogen functional groups attached to an aromatic ring is 1. The van der Waals surface area contributed by atoms with Crippen LogP contribution in [0.1, 0.15) is 9.75 Å². The van der Waals surface area contributed by atoms with E-state index in [1.807, 2.05) is 18.2 Å². The Hall–Kier alpha value is -1.27. The molecule has 0 bridgehead atoms. The first-order valence-electron chi connectivity index (χ1n) is 5.83. The summed E-state index contributed by atoms with van der Waals surface area (Å²) >= 11 is 8.39. The maximum atomic E-state index is 11.8. The zero-order chi connectivity index (χ0) is 15.6. The van der Waals surface area contributed by atoms with Gasteiger partial charge in [-0.05, 0) is 18.6 Å². The van der Waals surface area contributed by atoms with Gasteiger partial charge in [0.15, 0.2) is 9.84 Å². The number of anilines is 2. The summed E-state index contributed by atoms with van der Waals surface area (Å²) in [5.41, 5.74) is 5.76. The van der Waals surface area contributed by atoms with Gasteiger partial charge < -0.3 is 11.1 Å². The van der Waals surface area contributed by atoms with Gasteiger partial charge in [-0.25, -0.2) is 8.42 Å². The van der Waals surface area contributed by atoms with Crippen LogP contribution in [0.25, 0.3) is 0 Å². The van der Waals surface area contributed by atoms with E-state index in [0.717, 1.165) is 22.5 Å². The van der Waals surface area contributed by atoms with E-state index < -0.39 is 9.84 Å². The summed E-state index contributed by atoms with van der Waals surface area (Å²) in [7, 11) is -3.49. The summed E-state index contributed by atoms with van der Waals surface area (Å²) in [5.74, 6) is 0. The Bertz CT molecular complexity index is 802. The van der Waals surface area contributed by atoms with Gasteiger partial charge >= 0.3 is 0 Å². The van der Waals surface area contributed by atoms with Crippen molar-refractivity contribution in [1.29, 1.82) is 5.26 Å². The Morgan fingerprint density at radius 3 is 2.67 bits per heavy atom. The van der Waals surface area contributed by atoms with Crippen molar-refractivity contribution in [2.75, 3.05) is 23.9 Å². The van der Waals surface area contributed by atoms with E-state index in [-0.39, 0.29) is 15.5 Å². The van der Waals surface area contributed by atoms with Crippen molar-refractivity contribution in [3.05, 3.63) is 26.2 Å². The minimum atomic E-state index is -3.49. The molecular formula is C12H12ClN3O2S3. The van der Waals surface area contributed by atoms with Crippen LogP contribution < -0.4 is 11.1 Å². The van der Waals surface area contributed by atoms with Crippen molar-refractivity contribution in [2.45, 2.75) is 11.3 Å². The molecule has 0 aromatic carbocycles. The Morgan fingerprint density at radius 2 is 2.14 bits per heavy atom. The molecule has 0 fully saturated rings. The highest BCUT2D eigenvalue weighted by molar-refractivity contribution is 7.91. The van der Waals surface area contributed by atoms with E-state index in [4.69, 9.17) is 22.6 Å². The molecule has 2 rings (SSSR count). The van der Waals surface area contributed by atoms with Gasteiger partial charge in [0.1, 0.15) is 20.8 Å². The smallest absolute Gasteiger partial charge is 0.180 e. The van der Waals surface area contributed by atoms with Crippen LogP contribution in [0.2, 0.25) is 4.34 Å². The first kappa shape index (κ1) is 16.1. The van der Waals surface area contributed by atoms with Crippen LogP contribution in [0.4, 0.5) is 10.7 Å². The number of nitrogens with two attached hydrogens (primary N) is 1. The van der Waals surface area contributed by atoms with Crippen molar-refractivity contribution in [1.82, 2.24) is 0 Å². The molecule has 2 aromatic heterocycles. The average molecular weight is 362 g/mol. The third-order valence-electron chi connectivity index (χ3n) is 2.66. The molecule has 0 aliphatic heterocycles. The van der Waals surface area contributed by atoms with Gasteiger partial charge in [-0.15, -0.1) is 22.7 Å². The van der Waals surface area contributed by atoms with Crippen LogP contribution in [-0.2, 0) is 16.3 Å². The summed E-state index contributed by atoms with van der Waals surface area (Å²) < 4.78 is 24.3. The Morgan fingerprint density at radius 1 is 1.43 bits per heavy atom. The first-order valence-corrected chi connectivity index (χ1v) is 9.73. The van der Waals surface area contributed by atoms with Gasteiger partial charge in [0, 0.05) is 17.7 Å². The number of nitriles is 1. The van der Waals surface area contributed by atoms with E-state index in [0.29, 0.717) is 22.3 Å². The summed E-state index contributed by atoms with van der Waals surface area (Å²) in [6.45, 7) is 0.532. The van der Waals surface area contributed by atoms with Crippen LogP contribution in [0.3, 0.4) is 0 Å². The molecule has 0 spiro atoms. The molecule has 2 aromatic rings. The van der Waals surface area contributed by atoms with Crippen molar-refractivity contribution in [3.8, 4) is 6.07 Å². The molecule has 0 saturated heterocycles. The summed E-state index contributed by atoms with van der Waals surface area (Å²) in [6.07, 6.45) is 1.79. The van der Waals surface area contributed by atoms with Gasteiger partial charge in [-0.2, -0.15) is 5.26 Å². The van der Waals surface area contributed by atoms with Crippen molar-refractivity contribution in [3.63, 3.8) is 0 Å². The normalized spacial score (nSPS) is 11.3. The maximum Gasteiger partial charge on any atom is 0.180 e. The zero-order valence-electron chi connectivity index (χ0n) is 11.0. The number of nitrogens with one attached hydrogen (secondary N) is 1. The number of thiophene rings is 2. The van der Waals surface area contributed by atoms with Crippen LogP contribution in [0.5, 0.6) is 0 Å². The van der Waals surface area contributed by atoms with Crippen LogP contribution in [-0.4, -0.2) is 21.2 Å². The van der Waals surface area contributed by atoms with Crippen molar-refractivity contribution >= 4 is 54.8 Å². The number of hydrogen-bond acceptors (Lipinski definition) is 7. The molecule has 2 heterocycles. The van der Waals surface area contributed by atoms with Crippen LogP contribution in [0, 0.1) is 11.3 Å². The van der Waals surface area contributed by atoms with Crippen molar-refractivity contribution in [2.24, 2.45) is 0 Å². The van der Waals surface area contributed by atoms with E-state index >= 15 is 0 Å². The average Bonchev–Trinajstić information content (AvgIpc) is 2.92. The zero-order valence-corrected chi connectivity index (χ0v) is 14.2. The molecule has 0 unspecified atom stereocenters. The van der Waals surface area contributed by atoms with Crippen LogP contribution in [0.15, 0.2) is 17.0 Å². The lowest BCUT2D eigenvalue weighted by Crippen LogP contribution is -2.08. The molecule has 0 atom stereocenters. The monoisotopic (exact) mass is 361 g/mol. The highest BCUT2D eigenvalue weighted by Gasteiger charge is 2.23. The molecular weight excluding hydrogens is 350 g/mol. The van der Waals surface area contributed by atoms with E-state index in [1.54, 1.807) is 0 Å². The first-order chi connectivity index (χ1) is 9.82. The van der Waals surface area contributed by atoms with Gasteiger partial charge in [0.25, 0.3) is 0 Å². The number of rotatable bonds is 5.